The van der Waals surface area contributed by atoms with Gasteiger partial charge in [0.1, 0.15) is 4.83 Å². The number of aryl methyl sites for hydroxylation is 2. The first-order valence-corrected chi connectivity index (χ1v) is 11.5. The molecule has 0 bridgehead atoms. The Balaban J connectivity index is 1.36. The standard InChI is InChI=1S/C24H23ClN4OS/c1-16-6-8-19(9-7-16)29-24-21(17(2)26-29)15-22(31-24)23(30)28-12-10-27(11-13-28)20-5-3-4-18(25)14-20/h3-9,14-15H,10-13H2,1-2H3. The summed E-state index contributed by atoms with van der Waals surface area (Å²) in [5.74, 6) is 0.0989. The van der Waals surface area contributed by atoms with E-state index in [0.717, 1.165) is 50.3 Å². The Kier molecular flexibility index (Phi) is 5.20. The first-order valence-electron chi connectivity index (χ1n) is 10.4. The summed E-state index contributed by atoms with van der Waals surface area (Å²) >= 11 is 7.65. The van der Waals surface area contributed by atoms with Gasteiger partial charge in [0.15, 0.2) is 0 Å². The SMILES string of the molecule is Cc1ccc(-n2nc(C)c3cc(C(=O)N4CCN(c5cccc(Cl)c5)CC4)sc32)cc1. The van der Waals surface area contributed by atoms with E-state index < -0.39 is 0 Å². The molecule has 3 heterocycles. The highest BCUT2D eigenvalue weighted by atomic mass is 35.5. The van der Waals surface area contributed by atoms with E-state index in [1.165, 1.54) is 16.9 Å². The van der Waals surface area contributed by atoms with Crippen molar-refractivity contribution in [3.8, 4) is 5.69 Å². The number of rotatable bonds is 3. The second-order valence-corrected chi connectivity index (χ2v) is 9.39. The lowest BCUT2D eigenvalue weighted by Crippen LogP contribution is -2.48. The molecule has 0 aliphatic carbocycles. The Hall–Kier alpha value is -2.83. The van der Waals surface area contributed by atoms with Crippen LogP contribution in [0.3, 0.4) is 0 Å². The Morgan fingerprint density at radius 1 is 0.968 bits per heavy atom. The summed E-state index contributed by atoms with van der Waals surface area (Å²) < 4.78 is 1.95. The predicted molar refractivity (Wildman–Crippen MR) is 128 cm³/mol. The maximum atomic E-state index is 13.2. The number of thiophene rings is 1. The van der Waals surface area contributed by atoms with Crippen molar-refractivity contribution in [2.75, 3.05) is 31.1 Å². The van der Waals surface area contributed by atoms with Gasteiger partial charge in [-0.3, -0.25) is 4.79 Å². The van der Waals surface area contributed by atoms with Crippen LogP contribution >= 0.6 is 22.9 Å². The number of anilines is 1. The quantitative estimate of drug-likeness (QED) is 0.424. The number of piperazine rings is 1. The zero-order valence-corrected chi connectivity index (χ0v) is 19.1. The number of hydrogen-bond donors (Lipinski definition) is 0. The van der Waals surface area contributed by atoms with E-state index in [1.54, 1.807) is 0 Å². The normalized spacial score (nSPS) is 14.4. The van der Waals surface area contributed by atoms with Gasteiger partial charge in [0, 0.05) is 42.3 Å². The highest BCUT2D eigenvalue weighted by Crippen LogP contribution is 2.31. The fraction of sp³-hybridized carbons (Fsp3) is 0.250. The maximum Gasteiger partial charge on any atom is 0.264 e. The van der Waals surface area contributed by atoms with Crippen LogP contribution in [-0.2, 0) is 0 Å². The minimum absolute atomic E-state index is 0.0989. The smallest absolute Gasteiger partial charge is 0.264 e. The van der Waals surface area contributed by atoms with Crippen molar-refractivity contribution < 1.29 is 4.79 Å². The molecule has 0 saturated carbocycles. The van der Waals surface area contributed by atoms with E-state index in [0.29, 0.717) is 13.1 Å². The van der Waals surface area contributed by atoms with Gasteiger partial charge < -0.3 is 9.80 Å². The summed E-state index contributed by atoms with van der Waals surface area (Å²) in [4.78, 5) is 19.2. The summed E-state index contributed by atoms with van der Waals surface area (Å²) in [6.07, 6.45) is 0. The zero-order valence-electron chi connectivity index (χ0n) is 17.5. The number of nitrogens with zero attached hydrogens (tertiary/aromatic N) is 4. The van der Waals surface area contributed by atoms with Crippen molar-refractivity contribution in [2.24, 2.45) is 0 Å². The number of carbonyl (C=O) groups is 1. The number of hydrogen-bond acceptors (Lipinski definition) is 4. The third kappa shape index (κ3) is 3.82. The van der Waals surface area contributed by atoms with Crippen LogP contribution in [0.1, 0.15) is 20.9 Å². The highest BCUT2D eigenvalue weighted by Gasteiger charge is 2.25. The van der Waals surface area contributed by atoms with Crippen LogP contribution in [-0.4, -0.2) is 46.8 Å². The molecule has 2 aromatic carbocycles. The van der Waals surface area contributed by atoms with Gasteiger partial charge in [-0.2, -0.15) is 5.10 Å². The Morgan fingerprint density at radius 2 is 1.71 bits per heavy atom. The molecule has 7 heteroatoms. The molecule has 1 saturated heterocycles. The summed E-state index contributed by atoms with van der Waals surface area (Å²) in [6.45, 7) is 7.06. The molecule has 1 fully saturated rings. The Morgan fingerprint density at radius 3 is 2.42 bits per heavy atom. The van der Waals surface area contributed by atoms with Gasteiger partial charge in [0.05, 0.1) is 16.3 Å². The summed E-state index contributed by atoms with van der Waals surface area (Å²) in [6, 6.07) is 18.2. The molecule has 0 spiro atoms. The average molecular weight is 451 g/mol. The monoisotopic (exact) mass is 450 g/mol. The molecule has 158 valence electrons. The minimum Gasteiger partial charge on any atom is -0.368 e. The molecule has 1 aliphatic heterocycles. The van der Waals surface area contributed by atoms with Crippen molar-refractivity contribution in [1.82, 2.24) is 14.7 Å². The first kappa shape index (κ1) is 20.1. The zero-order chi connectivity index (χ0) is 21.5. The van der Waals surface area contributed by atoms with Crippen LogP contribution < -0.4 is 4.90 Å². The molecule has 31 heavy (non-hydrogen) atoms. The molecule has 4 aromatic rings. The number of halogens is 1. The molecule has 1 amide bonds. The maximum absolute atomic E-state index is 13.2. The second-order valence-electron chi connectivity index (χ2n) is 7.92. The van der Waals surface area contributed by atoms with E-state index in [9.17, 15) is 4.79 Å². The molecular formula is C24H23ClN4OS. The number of amides is 1. The van der Waals surface area contributed by atoms with Crippen LogP contribution in [0, 0.1) is 13.8 Å². The van der Waals surface area contributed by atoms with Crippen LogP contribution in [0.4, 0.5) is 5.69 Å². The fourth-order valence-corrected chi connectivity index (χ4v) is 5.35. The van der Waals surface area contributed by atoms with E-state index in [2.05, 4.69) is 42.2 Å². The summed E-state index contributed by atoms with van der Waals surface area (Å²) in [5.41, 5.74) is 4.27. The Bertz CT molecular complexity index is 1250. The predicted octanol–water partition coefficient (Wildman–Crippen LogP) is 5.32. The van der Waals surface area contributed by atoms with Crippen molar-refractivity contribution in [2.45, 2.75) is 13.8 Å². The van der Waals surface area contributed by atoms with Crippen molar-refractivity contribution in [3.63, 3.8) is 0 Å². The molecule has 0 atom stereocenters. The van der Waals surface area contributed by atoms with Crippen molar-refractivity contribution in [3.05, 3.63) is 75.8 Å². The van der Waals surface area contributed by atoms with Gasteiger partial charge in [-0.1, -0.05) is 35.4 Å². The molecule has 5 rings (SSSR count). The summed E-state index contributed by atoms with van der Waals surface area (Å²) in [7, 11) is 0. The van der Waals surface area contributed by atoms with E-state index in [1.807, 2.05) is 40.8 Å². The number of carbonyl (C=O) groups excluding carboxylic acids is 1. The number of aromatic nitrogens is 2. The lowest BCUT2D eigenvalue weighted by molar-refractivity contribution is 0.0751. The van der Waals surface area contributed by atoms with Gasteiger partial charge in [-0.05, 0) is 50.2 Å². The van der Waals surface area contributed by atoms with E-state index in [-0.39, 0.29) is 5.91 Å². The van der Waals surface area contributed by atoms with Crippen LogP contribution in [0.15, 0.2) is 54.6 Å². The minimum atomic E-state index is 0.0989. The molecule has 0 N–H and O–H groups in total. The largest absolute Gasteiger partial charge is 0.368 e. The van der Waals surface area contributed by atoms with Crippen molar-refractivity contribution in [1.29, 1.82) is 0 Å². The van der Waals surface area contributed by atoms with E-state index in [4.69, 9.17) is 16.7 Å². The second kappa shape index (κ2) is 8.02. The molecule has 1 aliphatic rings. The molecule has 0 unspecified atom stereocenters. The molecule has 0 radical (unpaired) electrons. The fourth-order valence-electron chi connectivity index (χ4n) is 4.01. The van der Waals surface area contributed by atoms with Gasteiger partial charge >= 0.3 is 0 Å². The lowest BCUT2D eigenvalue weighted by atomic mass is 10.2. The van der Waals surface area contributed by atoms with Crippen LogP contribution in [0.2, 0.25) is 5.02 Å². The summed E-state index contributed by atoms with van der Waals surface area (Å²) in [5, 5.41) is 6.48. The molecular weight excluding hydrogens is 428 g/mol. The Labute approximate surface area is 190 Å². The van der Waals surface area contributed by atoms with Gasteiger partial charge in [-0.25, -0.2) is 4.68 Å². The topological polar surface area (TPSA) is 41.4 Å². The van der Waals surface area contributed by atoms with Gasteiger partial charge in [0.25, 0.3) is 5.91 Å². The molecule has 5 nitrogen and oxygen atoms in total. The first-order chi connectivity index (χ1) is 15.0. The van der Waals surface area contributed by atoms with Gasteiger partial charge in [-0.15, -0.1) is 11.3 Å². The average Bonchev–Trinajstić information content (AvgIpc) is 3.35. The molecule has 2 aromatic heterocycles. The van der Waals surface area contributed by atoms with Crippen LogP contribution in [0.25, 0.3) is 15.9 Å². The third-order valence-corrected chi connectivity index (χ3v) is 7.11. The lowest BCUT2D eigenvalue weighted by Gasteiger charge is -2.36. The third-order valence-electron chi connectivity index (χ3n) is 5.77. The van der Waals surface area contributed by atoms with Crippen molar-refractivity contribution >= 4 is 44.7 Å². The van der Waals surface area contributed by atoms with E-state index >= 15 is 0 Å². The van der Waals surface area contributed by atoms with Crippen LogP contribution in [0.5, 0.6) is 0 Å². The number of fused-ring (bicyclic) bond motifs is 1. The highest BCUT2D eigenvalue weighted by molar-refractivity contribution is 7.20. The number of benzene rings is 2. The van der Waals surface area contributed by atoms with Gasteiger partial charge in [0.2, 0.25) is 0 Å².